The van der Waals surface area contributed by atoms with Gasteiger partial charge in [0.15, 0.2) is 0 Å². The van der Waals surface area contributed by atoms with Gasteiger partial charge < -0.3 is 10.4 Å². The number of aliphatic hydroxyl groups excluding tert-OH is 1. The average molecular weight is 304 g/mol. The Morgan fingerprint density at radius 2 is 1.95 bits per heavy atom. The van der Waals surface area contributed by atoms with Gasteiger partial charge in [0.1, 0.15) is 12.4 Å². The second-order valence-electron chi connectivity index (χ2n) is 4.12. The molecule has 2 rings (SSSR count). The molecule has 0 heterocycles. The second-order valence-corrected chi connectivity index (χ2v) is 4.55. The van der Waals surface area contributed by atoms with Crippen LogP contribution in [-0.2, 0) is 0 Å². The maximum Gasteiger partial charge on any atom is 0.255 e. The summed E-state index contributed by atoms with van der Waals surface area (Å²) in [6, 6.07) is 10.5. The van der Waals surface area contributed by atoms with Crippen molar-refractivity contribution in [2.45, 2.75) is 0 Å². The molecule has 0 unspecified atom stereocenters. The highest BCUT2D eigenvalue weighted by atomic mass is 35.5. The van der Waals surface area contributed by atoms with Gasteiger partial charge in [0.05, 0.1) is 5.56 Å². The monoisotopic (exact) mass is 303 g/mol. The number of hydrogen-bond acceptors (Lipinski definition) is 2. The van der Waals surface area contributed by atoms with E-state index in [4.69, 9.17) is 16.7 Å². The third-order valence-electron chi connectivity index (χ3n) is 2.64. The van der Waals surface area contributed by atoms with E-state index >= 15 is 0 Å². The topological polar surface area (TPSA) is 49.3 Å². The summed E-state index contributed by atoms with van der Waals surface area (Å²) in [7, 11) is 0. The van der Waals surface area contributed by atoms with Crippen molar-refractivity contribution in [2.24, 2.45) is 0 Å². The Morgan fingerprint density at radius 1 is 1.24 bits per heavy atom. The number of carbonyl (C=O) groups excluding carboxylic acids is 1. The van der Waals surface area contributed by atoms with Crippen molar-refractivity contribution in [2.75, 3.05) is 11.9 Å². The van der Waals surface area contributed by atoms with Crippen LogP contribution in [0.25, 0.3) is 0 Å². The van der Waals surface area contributed by atoms with Gasteiger partial charge in [0.2, 0.25) is 0 Å². The zero-order valence-electron chi connectivity index (χ0n) is 10.9. The van der Waals surface area contributed by atoms with E-state index < -0.39 is 5.82 Å². The molecule has 1 amide bonds. The van der Waals surface area contributed by atoms with Crippen LogP contribution in [0.5, 0.6) is 0 Å². The Bertz CT molecular complexity index is 717. The maximum atomic E-state index is 13.7. The van der Waals surface area contributed by atoms with Crippen LogP contribution < -0.4 is 5.32 Å². The summed E-state index contributed by atoms with van der Waals surface area (Å²) in [5.41, 5.74) is 0.902. The smallest absolute Gasteiger partial charge is 0.255 e. The molecule has 0 saturated heterocycles. The molecule has 106 valence electrons. The summed E-state index contributed by atoms with van der Waals surface area (Å²) in [4.78, 5) is 12.0. The van der Waals surface area contributed by atoms with E-state index in [2.05, 4.69) is 17.2 Å². The first-order chi connectivity index (χ1) is 10.1. The highest BCUT2D eigenvalue weighted by molar-refractivity contribution is 6.30. The predicted molar refractivity (Wildman–Crippen MR) is 79.8 cm³/mol. The van der Waals surface area contributed by atoms with Gasteiger partial charge in [-0.15, -0.1) is 0 Å². The molecule has 2 aromatic carbocycles. The lowest BCUT2D eigenvalue weighted by Crippen LogP contribution is -2.11. The predicted octanol–water partition coefficient (Wildman–Crippen LogP) is 3.08. The first-order valence-electron chi connectivity index (χ1n) is 6.06. The fraction of sp³-hybridized carbons (Fsp3) is 0.0625. The van der Waals surface area contributed by atoms with E-state index in [1.165, 1.54) is 18.2 Å². The van der Waals surface area contributed by atoms with Gasteiger partial charge in [-0.2, -0.15) is 0 Å². The molecule has 2 aromatic rings. The summed E-state index contributed by atoms with van der Waals surface area (Å²) < 4.78 is 13.7. The molecule has 3 nitrogen and oxygen atoms in total. The van der Waals surface area contributed by atoms with Crippen molar-refractivity contribution < 1.29 is 14.3 Å². The zero-order chi connectivity index (χ0) is 15.2. The SMILES string of the molecule is O=C(Nc1ccc(C#CCO)c(F)c1)c1ccc(Cl)cc1. The number of rotatable bonds is 2. The molecule has 0 atom stereocenters. The number of anilines is 1. The molecule has 21 heavy (non-hydrogen) atoms. The van der Waals surface area contributed by atoms with Gasteiger partial charge in [-0.25, -0.2) is 4.39 Å². The van der Waals surface area contributed by atoms with Crippen LogP contribution in [0.3, 0.4) is 0 Å². The Kier molecular flexibility index (Phi) is 4.94. The minimum atomic E-state index is -0.565. The molecule has 0 bridgehead atoms. The van der Waals surface area contributed by atoms with Gasteiger partial charge in [-0.05, 0) is 42.5 Å². The highest BCUT2D eigenvalue weighted by Gasteiger charge is 2.07. The Morgan fingerprint density at radius 3 is 2.57 bits per heavy atom. The molecule has 5 heteroatoms. The first kappa shape index (κ1) is 15.0. The van der Waals surface area contributed by atoms with Crippen molar-refractivity contribution in [3.63, 3.8) is 0 Å². The van der Waals surface area contributed by atoms with Gasteiger partial charge in [0.25, 0.3) is 5.91 Å². The molecule has 0 aliphatic heterocycles. The minimum absolute atomic E-state index is 0.161. The third-order valence-corrected chi connectivity index (χ3v) is 2.89. The molecule has 0 aliphatic rings. The third kappa shape index (κ3) is 4.06. The number of benzene rings is 2. The van der Waals surface area contributed by atoms with Gasteiger partial charge in [0, 0.05) is 16.3 Å². The van der Waals surface area contributed by atoms with Crippen molar-refractivity contribution in [3.05, 3.63) is 64.4 Å². The number of nitrogens with one attached hydrogen (secondary N) is 1. The number of carbonyl (C=O) groups is 1. The van der Waals surface area contributed by atoms with Crippen molar-refractivity contribution >= 4 is 23.2 Å². The van der Waals surface area contributed by atoms with Crippen LogP contribution in [0.2, 0.25) is 5.02 Å². The number of amides is 1. The van der Waals surface area contributed by atoms with Gasteiger partial charge in [-0.3, -0.25) is 4.79 Å². The van der Waals surface area contributed by atoms with E-state index in [0.29, 0.717) is 16.3 Å². The highest BCUT2D eigenvalue weighted by Crippen LogP contribution is 2.16. The Balaban J connectivity index is 2.14. The van der Waals surface area contributed by atoms with E-state index in [9.17, 15) is 9.18 Å². The van der Waals surface area contributed by atoms with E-state index in [1.807, 2.05) is 0 Å². The summed E-state index contributed by atoms with van der Waals surface area (Å²) >= 11 is 5.74. The molecule has 2 N–H and O–H groups in total. The largest absolute Gasteiger partial charge is 0.384 e. The summed E-state index contributed by atoms with van der Waals surface area (Å²) in [6.07, 6.45) is 0. The molecule has 0 saturated carbocycles. The molecule has 0 fully saturated rings. The number of aliphatic hydroxyl groups is 1. The Labute approximate surface area is 126 Å². The van der Waals surface area contributed by atoms with Crippen molar-refractivity contribution in [3.8, 4) is 11.8 Å². The van der Waals surface area contributed by atoms with Crippen molar-refractivity contribution in [1.82, 2.24) is 0 Å². The standard InChI is InChI=1S/C16H11ClFNO2/c17-13-6-3-12(4-7-13)16(21)19-14-8-5-11(2-1-9-20)15(18)10-14/h3-8,10,20H,9H2,(H,19,21). The lowest BCUT2D eigenvalue weighted by molar-refractivity contribution is 0.102. The lowest BCUT2D eigenvalue weighted by atomic mass is 10.1. The molecule has 0 spiro atoms. The fourth-order valence-electron chi connectivity index (χ4n) is 1.63. The average Bonchev–Trinajstić information content (AvgIpc) is 2.47. The molecular formula is C16H11ClFNO2. The normalized spacial score (nSPS) is 9.67. The number of halogens is 2. The van der Waals surface area contributed by atoms with Gasteiger partial charge in [-0.1, -0.05) is 23.4 Å². The fourth-order valence-corrected chi connectivity index (χ4v) is 1.76. The minimum Gasteiger partial charge on any atom is -0.384 e. The van der Waals surface area contributed by atoms with Crippen molar-refractivity contribution in [1.29, 1.82) is 0 Å². The lowest BCUT2D eigenvalue weighted by Gasteiger charge is -2.06. The van der Waals surface area contributed by atoms with Gasteiger partial charge >= 0.3 is 0 Å². The van der Waals surface area contributed by atoms with Crippen LogP contribution >= 0.6 is 11.6 Å². The van der Waals surface area contributed by atoms with Crippen LogP contribution in [0.1, 0.15) is 15.9 Å². The van der Waals surface area contributed by atoms with E-state index in [-0.39, 0.29) is 18.1 Å². The van der Waals surface area contributed by atoms with Crippen LogP contribution in [-0.4, -0.2) is 17.6 Å². The molecular weight excluding hydrogens is 293 g/mol. The summed E-state index contributed by atoms with van der Waals surface area (Å²) in [5.74, 6) is 3.92. The van der Waals surface area contributed by atoms with Crippen LogP contribution in [0.4, 0.5) is 10.1 Å². The second kappa shape index (κ2) is 6.89. The quantitative estimate of drug-likeness (QED) is 0.838. The van der Waals surface area contributed by atoms with E-state index in [0.717, 1.165) is 0 Å². The van der Waals surface area contributed by atoms with E-state index in [1.54, 1.807) is 24.3 Å². The summed E-state index contributed by atoms with van der Waals surface area (Å²) in [6.45, 7) is -0.339. The first-order valence-corrected chi connectivity index (χ1v) is 6.44. The molecule has 0 aliphatic carbocycles. The molecule has 0 radical (unpaired) electrons. The van der Waals surface area contributed by atoms with Crippen LogP contribution in [0.15, 0.2) is 42.5 Å². The Hall–Kier alpha value is -2.35. The van der Waals surface area contributed by atoms with Crippen LogP contribution in [0, 0.1) is 17.7 Å². The zero-order valence-corrected chi connectivity index (χ0v) is 11.6. The number of hydrogen-bond donors (Lipinski definition) is 2. The summed E-state index contributed by atoms with van der Waals surface area (Å²) in [5, 5.41) is 11.7. The molecule has 0 aromatic heterocycles. The maximum absolute atomic E-state index is 13.7.